The summed E-state index contributed by atoms with van der Waals surface area (Å²) in [5.74, 6) is 0.294. The van der Waals surface area contributed by atoms with Crippen LogP contribution in [0.15, 0.2) is 24.3 Å². The minimum atomic E-state index is -0.446. The first-order chi connectivity index (χ1) is 9.09. The van der Waals surface area contributed by atoms with E-state index in [0.717, 1.165) is 22.1 Å². The fourth-order valence-electron chi connectivity index (χ4n) is 2.52. The van der Waals surface area contributed by atoms with Gasteiger partial charge in [-0.15, -0.1) is 0 Å². The van der Waals surface area contributed by atoms with Crippen LogP contribution in [0.4, 0.5) is 5.69 Å². The van der Waals surface area contributed by atoms with Gasteiger partial charge >= 0.3 is 0 Å². The molecule has 0 bridgehead atoms. The van der Waals surface area contributed by atoms with E-state index in [1.807, 2.05) is 24.3 Å². The number of hydrogen-bond donors (Lipinski definition) is 1. The van der Waals surface area contributed by atoms with Crippen molar-refractivity contribution in [2.45, 2.75) is 31.8 Å². The highest BCUT2D eigenvalue weighted by atomic mass is 127. The second kappa shape index (κ2) is 4.77. The Balaban J connectivity index is 1.99. The molecule has 1 aromatic rings. The van der Waals surface area contributed by atoms with E-state index in [-0.39, 0.29) is 17.9 Å². The molecule has 19 heavy (non-hydrogen) atoms. The Hall–Kier alpha value is -1.11. The molecule has 1 aliphatic carbocycles. The van der Waals surface area contributed by atoms with Gasteiger partial charge in [0.2, 0.25) is 5.91 Å². The van der Waals surface area contributed by atoms with Gasteiger partial charge in [-0.05, 0) is 60.4 Å². The zero-order chi connectivity index (χ0) is 13.6. The van der Waals surface area contributed by atoms with Crippen molar-refractivity contribution in [3.63, 3.8) is 0 Å². The number of nitrogens with zero attached hydrogens (tertiary/aromatic N) is 1. The van der Waals surface area contributed by atoms with Gasteiger partial charge in [0.15, 0.2) is 0 Å². The van der Waals surface area contributed by atoms with E-state index < -0.39 is 6.04 Å². The van der Waals surface area contributed by atoms with E-state index in [1.165, 1.54) is 0 Å². The largest absolute Gasteiger partial charge is 0.342 e. The van der Waals surface area contributed by atoms with E-state index in [4.69, 9.17) is 0 Å². The number of nitrogens with one attached hydrogen (secondary N) is 1. The van der Waals surface area contributed by atoms with Crippen molar-refractivity contribution in [3.8, 4) is 0 Å². The average Bonchev–Trinajstić information content (AvgIpc) is 3.20. The summed E-state index contributed by atoms with van der Waals surface area (Å²) in [6.07, 6.45) is 2.07. The molecule has 1 heterocycles. The summed E-state index contributed by atoms with van der Waals surface area (Å²) in [6, 6.07) is 6.91. The molecule has 2 aliphatic rings. The number of carbonyl (C=O) groups excluding carboxylic acids is 2. The molecule has 100 valence electrons. The van der Waals surface area contributed by atoms with Crippen LogP contribution in [0.5, 0.6) is 0 Å². The summed E-state index contributed by atoms with van der Waals surface area (Å²) >= 11 is 2.20. The fourth-order valence-corrected chi connectivity index (χ4v) is 3.16. The molecule has 1 saturated heterocycles. The van der Waals surface area contributed by atoms with Gasteiger partial charge in [0.1, 0.15) is 12.1 Å². The van der Waals surface area contributed by atoms with E-state index in [1.54, 1.807) is 11.8 Å². The van der Waals surface area contributed by atoms with Gasteiger partial charge in [-0.1, -0.05) is 12.1 Å². The van der Waals surface area contributed by atoms with Crippen LogP contribution in [0.25, 0.3) is 0 Å². The Labute approximate surface area is 125 Å². The van der Waals surface area contributed by atoms with Crippen molar-refractivity contribution in [1.29, 1.82) is 0 Å². The summed E-state index contributed by atoms with van der Waals surface area (Å²) in [5.41, 5.74) is 0.834. The van der Waals surface area contributed by atoms with Crippen molar-refractivity contribution < 1.29 is 9.59 Å². The molecular weight excluding hydrogens is 355 g/mol. The first-order valence-electron chi connectivity index (χ1n) is 6.47. The highest BCUT2D eigenvalue weighted by Gasteiger charge is 2.46. The summed E-state index contributed by atoms with van der Waals surface area (Å²) < 4.78 is 0.990. The number of para-hydroxylation sites is 1. The maximum absolute atomic E-state index is 12.6. The molecule has 2 fully saturated rings. The summed E-state index contributed by atoms with van der Waals surface area (Å²) in [4.78, 5) is 26.3. The lowest BCUT2D eigenvalue weighted by Crippen LogP contribution is -2.63. The third-order valence-electron chi connectivity index (χ3n) is 3.77. The second-order valence-corrected chi connectivity index (χ2v) is 6.32. The van der Waals surface area contributed by atoms with Gasteiger partial charge in [0.05, 0.1) is 5.69 Å². The minimum absolute atomic E-state index is 0.0266. The molecule has 2 amide bonds. The van der Waals surface area contributed by atoms with Gasteiger partial charge in [0.25, 0.3) is 5.91 Å². The molecular formula is C14H15IN2O2. The first-order valence-corrected chi connectivity index (χ1v) is 7.55. The molecule has 0 radical (unpaired) electrons. The van der Waals surface area contributed by atoms with Gasteiger partial charge in [-0.2, -0.15) is 0 Å². The topological polar surface area (TPSA) is 49.4 Å². The van der Waals surface area contributed by atoms with Crippen molar-refractivity contribution in [2.24, 2.45) is 5.92 Å². The fraction of sp³-hybridized carbons (Fsp3) is 0.429. The van der Waals surface area contributed by atoms with Crippen LogP contribution in [-0.2, 0) is 9.59 Å². The van der Waals surface area contributed by atoms with Crippen LogP contribution in [-0.4, -0.2) is 23.9 Å². The van der Waals surface area contributed by atoms with Crippen LogP contribution in [0, 0.1) is 9.49 Å². The molecule has 2 unspecified atom stereocenters. The van der Waals surface area contributed by atoms with E-state index in [9.17, 15) is 9.59 Å². The lowest BCUT2D eigenvalue weighted by atomic mass is 10.0. The van der Waals surface area contributed by atoms with Gasteiger partial charge in [0, 0.05) is 3.57 Å². The standard InChI is InChI=1S/C14H15IN2O2/c1-8-13(18)16-12(9-6-7-9)14(19)17(8)11-5-3-2-4-10(11)15/h2-5,8-9,12H,6-7H2,1H3,(H,16,18). The molecule has 1 aliphatic heterocycles. The lowest BCUT2D eigenvalue weighted by Gasteiger charge is -2.38. The van der Waals surface area contributed by atoms with Crippen LogP contribution in [0.1, 0.15) is 19.8 Å². The molecule has 0 aromatic heterocycles. The highest BCUT2D eigenvalue weighted by Crippen LogP contribution is 2.36. The quantitative estimate of drug-likeness (QED) is 0.809. The molecule has 4 nitrogen and oxygen atoms in total. The van der Waals surface area contributed by atoms with Crippen molar-refractivity contribution >= 4 is 40.1 Å². The number of halogens is 1. The zero-order valence-corrected chi connectivity index (χ0v) is 12.8. The normalized spacial score (nSPS) is 27.4. The molecule has 0 spiro atoms. The van der Waals surface area contributed by atoms with Gasteiger partial charge in [-0.25, -0.2) is 0 Å². The van der Waals surface area contributed by atoms with Crippen LogP contribution in [0.2, 0.25) is 0 Å². The summed E-state index contributed by atoms with van der Waals surface area (Å²) in [6.45, 7) is 1.78. The third-order valence-corrected chi connectivity index (χ3v) is 4.69. The van der Waals surface area contributed by atoms with Crippen LogP contribution in [0.3, 0.4) is 0 Å². The summed E-state index contributed by atoms with van der Waals surface area (Å²) in [7, 11) is 0. The van der Waals surface area contributed by atoms with E-state index >= 15 is 0 Å². The molecule has 1 aromatic carbocycles. The third kappa shape index (κ3) is 2.24. The Morgan fingerprint density at radius 1 is 1.26 bits per heavy atom. The summed E-state index contributed by atoms with van der Waals surface area (Å²) in [5, 5.41) is 2.86. The van der Waals surface area contributed by atoms with Crippen LogP contribution < -0.4 is 10.2 Å². The molecule has 1 saturated carbocycles. The van der Waals surface area contributed by atoms with Gasteiger partial charge < -0.3 is 5.32 Å². The maximum Gasteiger partial charge on any atom is 0.250 e. The maximum atomic E-state index is 12.6. The number of benzene rings is 1. The molecule has 5 heteroatoms. The number of rotatable bonds is 2. The number of hydrogen-bond acceptors (Lipinski definition) is 2. The Bertz CT molecular complexity index is 542. The van der Waals surface area contributed by atoms with Crippen molar-refractivity contribution in [3.05, 3.63) is 27.8 Å². The monoisotopic (exact) mass is 370 g/mol. The second-order valence-electron chi connectivity index (χ2n) is 5.16. The van der Waals surface area contributed by atoms with Crippen molar-refractivity contribution in [1.82, 2.24) is 5.32 Å². The molecule has 2 atom stereocenters. The first kappa shape index (κ1) is 12.9. The lowest BCUT2D eigenvalue weighted by molar-refractivity contribution is -0.134. The highest BCUT2D eigenvalue weighted by molar-refractivity contribution is 14.1. The Morgan fingerprint density at radius 3 is 2.58 bits per heavy atom. The van der Waals surface area contributed by atoms with Crippen LogP contribution >= 0.6 is 22.6 Å². The number of amides is 2. The molecule has 1 N–H and O–H groups in total. The number of carbonyl (C=O) groups is 2. The average molecular weight is 370 g/mol. The Morgan fingerprint density at radius 2 is 1.95 bits per heavy atom. The van der Waals surface area contributed by atoms with E-state index in [0.29, 0.717) is 5.92 Å². The number of anilines is 1. The van der Waals surface area contributed by atoms with Crippen molar-refractivity contribution in [2.75, 3.05) is 4.90 Å². The zero-order valence-electron chi connectivity index (χ0n) is 10.6. The predicted molar refractivity (Wildman–Crippen MR) is 80.8 cm³/mol. The minimum Gasteiger partial charge on any atom is -0.342 e. The smallest absolute Gasteiger partial charge is 0.250 e. The van der Waals surface area contributed by atoms with E-state index in [2.05, 4.69) is 27.9 Å². The predicted octanol–water partition coefficient (Wildman–Crippen LogP) is 1.92. The Kier molecular flexibility index (Phi) is 3.24. The SMILES string of the molecule is CC1C(=O)NC(C2CC2)C(=O)N1c1ccccc1I. The number of piperazine rings is 1. The van der Waals surface area contributed by atoms with Gasteiger partial charge in [-0.3, -0.25) is 14.5 Å². The molecule has 3 rings (SSSR count).